The number of aryl methyl sites for hydroxylation is 2. The number of halogens is 7. The summed E-state index contributed by atoms with van der Waals surface area (Å²) in [6.45, 7) is 0.840. The fraction of sp³-hybridized carbons (Fsp3) is 0.286. The number of hydrogen-bond acceptors (Lipinski definition) is 3. The van der Waals surface area contributed by atoms with E-state index in [1.54, 1.807) is 6.07 Å². The molecule has 0 radical (unpaired) electrons. The van der Waals surface area contributed by atoms with Crippen LogP contribution in [0.5, 0.6) is 0 Å². The molecule has 2 aromatic heterocycles. The predicted molar refractivity (Wildman–Crippen MR) is 103 cm³/mol. The Bertz CT molecular complexity index is 1130. The molecule has 176 valence electrons. The standard InChI is InChI=1S/C13H12F3N3.C8H5F4NO/c14-13(15,16)12-7-9(4-5-17-12)11-8-10-3-1-2-6-19(10)18-11;9-6-4(7(13)14)2-1-3-5(6)8(10,11)12/h4-5,7-8H,1-3,6H2;1-3H,(H2,13,14). The number of pyridine rings is 1. The number of amides is 1. The van der Waals surface area contributed by atoms with Gasteiger partial charge in [-0.05, 0) is 49.6 Å². The minimum atomic E-state index is -4.82. The first-order chi connectivity index (χ1) is 15.4. The van der Waals surface area contributed by atoms with E-state index in [4.69, 9.17) is 0 Å². The summed E-state index contributed by atoms with van der Waals surface area (Å²) >= 11 is 0. The summed E-state index contributed by atoms with van der Waals surface area (Å²) in [6, 6.07) is 6.84. The van der Waals surface area contributed by atoms with Crippen molar-refractivity contribution in [2.45, 2.75) is 38.2 Å². The number of benzene rings is 1. The van der Waals surface area contributed by atoms with E-state index in [1.807, 2.05) is 10.7 Å². The molecule has 0 saturated heterocycles. The number of primary amides is 1. The minimum Gasteiger partial charge on any atom is -0.366 e. The van der Waals surface area contributed by atoms with E-state index >= 15 is 0 Å². The van der Waals surface area contributed by atoms with Gasteiger partial charge in [-0.2, -0.15) is 31.4 Å². The zero-order valence-corrected chi connectivity index (χ0v) is 16.8. The summed E-state index contributed by atoms with van der Waals surface area (Å²) in [4.78, 5) is 13.9. The second-order valence-corrected chi connectivity index (χ2v) is 7.16. The maximum absolute atomic E-state index is 13.0. The van der Waals surface area contributed by atoms with E-state index in [9.17, 15) is 35.5 Å². The minimum absolute atomic E-state index is 0.462. The Labute approximate surface area is 183 Å². The highest BCUT2D eigenvalue weighted by atomic mass is 19.4. The molecule has 2 N–H and O–H groups in total. The molecule has 0 aliphatic carbocycles. The number of carbonyl (C=O) groups is 1. The molecule has 1 aliphatic rings. The third-order valence-corrected chi connectivity index (χ3v) is 4.83. The molecule has 12 heteroatoms. The van der Waals surface area contributed by atoms with Crippen molar-refractivity contribution in [3.63, 3.8) is 0 Å². The second-order valence-electron chi connectivity index (χ2n) is 7.16. The van der Waals surface area contributed by atoms with Gasteiger partial charge in [0, 0.05) is 24.0 Å². The molecule has 0 atom stereocenters. The van der Waals surface area contributed by atoms with Crippen LogP contribution in [0.2, 0.25) is 0 Å². The zero-order valence-electron chi connectivity index (χ0n) is 16.8. The molecule has 0 spiro atoms. The van der Waals surface area contributed by atoms with Crippen LogP contribution in [0.3, 0.4) is 0 Å². The second kappa shape index (κ2) is 9.20. The lowest BCUT2D eigenvalue weighted by atomic mass is 10.1. The average molecular weight is 474 g/mol. The number of alkyl halides is 6. The summed E-state index contributed by atoms with van der Waals surface area (Å²) in [5.41, 5.74) is 3.69. The first-order valence-corrected chi connectivity index (χ1v) is 9.64. The van der Waals surface area contributed by atoms with E-state index in [0.717, 1.165) is 49.7 Å². The maximum atomic E-state index is 13.0. The van der Waals surface area contributed by atoms with Crippen molar-refractivity contribution in [1.29, 1.82) is 0 Å². The molecule has 1 aromatic carbocycles. The summed E-state index contributed by atoms with van der Waals surface area (Å²) in [7, 11) is 0. The van der Waals surface area contributed by atoms with Crippen LogP contribution in [0.4, 0.5) is 30.7 Å². The van der Waals surface area contributed by atoms with Gasteiger partial charge in [0.25, 0.3) is 5.91 Å². The number of aromatic nitrogens is 3. The Hall–Kier alpha value is -3.44. The Morgan fingerprint density at radius 3 is 2.33 bits per heavy atom. The molecule has 4 rings (SSSR count). The van der Waals surface area contributed by atoms with E-state index in [1.165, 1.54) is 6.20 Å². The van der Waals surface area contributed by atoms with Crippen molar-refractivity contribution in [3.05, 3.63) is 70.9 Å². The van der Waals surface area contributed by atoms with E-state index < -0.39 is 40.9 Å². The lowest BCUT2D eigenvalue weighted by Gasteiger charge is -2.11. The van der Waals surface area contributed by atoms with Crippen molar-refractivity contribution < 1.29 is 35.5 Å². The first kappa shape index (κ1) is 24.2. The molecule has 0 unspecified atom stereocenters. The van der Waals surface area contributed by atoms with Gasteiger partial charge in [0.15, 0.2) is 0 Å². The molecular weight excluding hydrogens is 457 g/mol. The van der Waals surface area contributed by atoms with Gasteiger partial charge in [0.05, 0.1) is 16.8 Å². The van der Waals surface area contributed by atoms with Crippen LogP contribution in [-0.4, -0.2) is 20.7 Å². The lowest BCUT2D eigenvalue weighted by molar-refractivity contribution is -0.141. The van der Waals surface area contributed by atoms with Gasteiger partial charge in [-0.25, -0.2) is 4.39 Å². The summed E-state index contributed by atoms with van der Waals surface area (Å²) < 4.78 is 89.0. The van der Waals surface area contributed by atoms with Gasteiger partial charge >= 0.3 is 12.4 Å². The molecule has 3 heterocycles. The monoisotopic (exact) mass is 474 g/mol. The fourth-order valence-electron chi connectivity index (χ4n) is 3.25. The Morgan fingerprint density at radius 1 is 1.00 bits per heavy atom. The van der Waals surface area contributed by atoms with E-state index in [0.29, 0.717) is 17.3 Å². The van der Waals surface area contributed by atoms with Crippen molar-refractivity contribution in [1.82, 2.24) is 14.8 Å². The van der Waals surface area contributed by atoms with Crippen molar-refractivity contribution in [3.8, 4) is 11.3 Å². The normalized spacial score (nSPS) is 13.7. The smallest absolute Gasteiger partial charge is 0.366 e. The third kappa shape index (κ3) is 5.68. The maximum Gasteiger partial charge on any atom is 0.433 e. The van der Waals surface area contributed by atoms with Crippen LogP contribution in [0, 0.1) is 5.82 Å². The highest BCUT2D eigenvalue weighted by Gasteiger charge is 2.35. The van der Waals surface area contributed by atoms with Crippen LogP contribution >= 0.6 is 0 Å². The van der Waals surface area contributed by atoms with E-state index in [-0.39, 0.29) is 0 Å². The molecular formula is C21H17F7N4O. The molecule has 0 fully saturated rings. The number of fused-ring (bicyclic) bond motifs is 1. The third-order valence-electron chi connectivity index (χ3n) is 4.83. The molecule has 5 nitrogen and oxygen atoms in total. The topological polar surface area (TPSA) is 73.8 Å². The number of hydrogen-bond donors (Lipinski definition) is 1. The molecule has 1 amide bonds. The van der Waals surface area contributed by atoms with E-state index in [2.05, 4.69) is 15.8 Å². The van der Waals surface area contributed by atoms with Gasteiger partial charge in [0.2, 0.25) is 0 Å². The van der Waals surface area contributed by atoms with Crippen molar-refractivity contribution in [2.24, 2.45) is 5.73 Å². The highest BCUT2D eigenvalue weighted by molar-refractivity contribution is 5.93. The van der Waals surface area contributed by atoms with Crippen LogP contribution in [0.25, 0.3) is 11.3 Å². The molecule has 1 aliphatic heterocycles. The Morgan fingerprint density at radius 2 is 1.73 bits per heavy atom. The van der Waals surface area contributed by atoms with Gasteiger partial charge in [0.1, 0.15) is 11.5 Å². The number of rotatable bonds is 2. The molecule has 0 saturated carbocycles. The first-order valence-electron chi connectivity index (χ1n) is 9.64. The average Bonchev–Trinajstić information content (AvgIpc) is 3.17. The van der Waals surface area contributed by atoms with Crippen LogP contribution in [-0.2, 0) is 25.3 Å². The molecule has 0 bridgehead atoms. The fourth-order valence-corrected chi connectivity index (χ4v) is 3.25. The lowest BCUT2D eigenvalue weighted by Crippen LogP contribution is -2.17. The van der Waals surface area contributed by atoms with Crippen molar-refractivity contribution in [2.75, 3.05) is 0 Å². The largest absolute Gasteiger partial charge is 0.433 e. The van der Waals surface area contributed by atoms with Gasteiger partial charge < -0.3 is 5.73 Å². The van der Waals surface area contributed by atoms with Gasteiger partial charge in [-0.1, -0.05) is 6.07 Å². The highest BCUT2D eigenvalue weighted by Crippen LogP contribution is 2.32. The summed E-state index contributed by atoms with van der Waals surface area (Å²) in [6.07, 6.45) is -4.96. The van der Waals surface area contributed by atoms with Crippen LogP contribution < -0.4 is 5.73 Å². The predicted octanol–water partition coefficient (Wildman–Crippen LogP) is 5.24. The SMILES string of the molecule is FC(F)(F)c1cc(-c2cc3n(n2)CCCC3)ccn1.NC(=O)c1cccc(C(F)(F)F)c1F. The molecule has 3 aromatic rings. The van der Waals surface area contributed by atoms with Gasteiger partial charge in [-0.15, -0.1) is 0 Å². The van der Waals surface area contributed by atoms with Crippen LogP contribution in [0.1, 0.15) is 40.2 Å². The van der Waals surface area contributed by atoms with Gasteiger partial charge in [-0.3, -0.25) is 14.5 Å². The number of nitrogens with two attached hydrogens (primary N) is 1. The summed E-state index contributed by atoms with van der Waals surface area (Å²) in [5.74, 6) is -2.86. The number of carbonyl (C=O) groups excluding carboxylic acids is 1. The quantitative estimate of drug-likeness (QED) is 0.516. The Kier molecular flexibility index (Phi) is 6.75. The van der Waals surface area contributed by atoms with Crippen molar-refractivity contribution >= 4 is 5.91 Å². The van der Waals surface area contributed by atoms with Crippen LogP contribution in [0.15, 0.2) is 42.6 Å². The molecule has 33 heavy (non-hydrogen) atoms. The Balaban J connectivity index is 0.000000196. The number of nitrogens with zero attached hydrogens (tertiary/aromatic N) is 3. The zero-order chi connectivity index (χ0) is 24.4. The summed E-state index contributed by atoms with van der Waals surface area (Å²) in [5, 5.41) is 4.37.